The summed E-state index contributed by atoms with van der Waals surface area (Å²) in [6, 6.07) is 13.6. The molecule has 0 amide bonds. The first-order valence-corrected chi connectivity index (χ1v) is 28.1. The van der Waals surface area contributed by atoms with Crippen LogP contribution in [-0.2, 0) is 10.8 Å². The SMILES string of the molecule is C/C=C(\C=C/CC(C)CCC(C)C)B(/C(CNC1=C/CC(C)(C)CCC(C)(C)C/C=C\1)=C(/C=C(\C)C(C)(C)C)N/C1=C\c2ccccc2O/C=C/CC1)c1csc2cc3c(cc12)C(C)(C)CCC3(C)C. The third-order valence-corrected chi connectivity index (χ3v) is 17.1. The van der Waals surface area contributed by atoms with E-state index in [1.807, 2.05) is 17.6 Å². The summed E-state index contributed by atoms with van der Waals surface area (Å²) in [6.45, 7) is 39.0. The minimum Gasteiger partial charge on any atom is -0.465 e. The van der Waals surface area contributed by atoms with Gasteiger partial charge in [0.15, 0.2) is 0 Å². The highest BCUT2D eigenvalue weighted by Crippen LogP contribution is 2.48. The third-order valence-electron chi connectivity index (χ3n) is 16.1. The van der Waals surface area contributed by atoms with Crippen LogP contribution in [0.4, 0.5) is 0 Å². The van der Waals surface area contributed by atoms with Gasteiger partial charge in [0.25, 0.3) is 0 Å². The quantitative estimate of drug-likeness (QED) is 0.118. The molecule has 2 aliphatic carbocycles. The minimum absolute atomic E-state index is 0.0373. The largest absolute Gasteiger partial charge is 0.465 e. The summed E-state index contributed by atoms with van der Waals surface area (Å²) >= 11 is 1.93. The highest BCUT2D eigenvalue weighted by Gasteiger charge is 2.39. The van der Waals surface area contributed by atoms with E-state index in [0.29, 0.717) is 18.4 Å². The fourth-order valence-corrected chi connectivity index (χ4v) is 11.3. The monoisotopic (exact) mass is 961 g/mol. The normalized spacial score (nSPS) is 22.6. The topological polar surface area (TPSA) is 33.3 Å². The number of allylic oxidation sites excluding steroid dienone is 11. The Hall–Kier alpha value is -4.22. The molecule has 0 fully saturated rings. The van der Waals surface area contributed by atoms with Gasteiger partial charge in [0, 0.05) is 33.9 Å². The van der Waals surface area contributed by atoms with Crippen LogP contribution in [-0.4, -0.2) is 13.3 Å². The Balaban J connectivity index is 1.66. The standard InChI is InChI=1S/C65H93BN2OS/c1-17-50(26-22-24-47(4)31-30-46(2)3)66(57-45-70-60-43-55-54(42-53(57)60)64(13,14)37-38-65(55,15)16)56(44-67-51-28-23-33-62(9,10)35-36-63(11,12)34-32-51)58(40-48(5)61(6,7)8)68-52-27-20-21-39-69-59-29-19-18-25-49(59)41-52/h17-19,21-23,25-26,28-29,32,39-43,45-47,67-68H,20,24,27,30-31,33-38,44H2,1-16H3/b26-22-,28-23-,39-21+,48-40+,50-17+,51-32+,52-41-,58-56-. The Kier molecular flexibility index (Phi) is 18.2. The number of benzene rings is 2. The number of nitrogens with one attached hydrogen (secondary N) is 2. The van der Waals surface area contributed by atoms with Crippen LogP contribution < -0.4 is 20.8 Å². The first-order chi connectivity index (χ1) is 32.9. The molecule has 0 saturated carbocycles. The maximum atomic E-state index is 6.20. The van der Waals surface area contributed by atoms with E-state index in [2.05, 4.69) is 218 Å². The number of thiophene rings is 1. The second kappa shape index (κ2) is 23.1. The smallest absolute Gasteiger partial charge is 0.243 e. The molecular formula is C65H93BN2OS. The minimum atomic E-state index is -0.0428. The second-order valence-corrected chi connectivity index (χ2v) is 26.7. The molecule has 0 radical (unpaired) electrons. The van der Waals surface area contributed by atoms with Gasteiger partial charge in [-0.1, -0.05) is 175 Å². The van der Waals surface area contributed by atoms with Crippen molar-refractivity contribution in [2.24, 2.45) is 28.1 Å². The van der Waals surface area contributed by atoms with Crippen molar-refractivity contribution >= 4 is 39.7 Å². The van der Waals surface area contributed by atoms with Gasteiger partial charge >= 0.3 is 0 Å². The summed E-state index contributed by atoms with van der Waals surface area (Å²) < 4.78 is 7.58. The maximum Gasteiger partial charge on any atom is 0.243 e. The van der Waals surface area contributed by atoms with E-state index in [0.717, 1.165) is 43.4 Å². The summed E-state index contributed by atoms with van der Waals surface area (Å²) in [5.41, 5.74) is 13.7. The molecule has 2 aromatic carbocycles. The number of fused-ring (bicyclic) bond motifs is 3. The van der Waals surface area contributed by atoms with E-state index >= 15 is 0 Å². The number of para-hydroxylation sites is 1. The molecule has 2 heterocycles. The van der Waals surface area contributed by atoms with Crippen molar-refractivity contribution in [1.29, 1.82) is 0 Å². The molecule has 6 rings (SSSR count). The highest BCUT2D eigenvalue weighted by atomic mass is 32.1. The van der Waals surface area contributed by atoms with Gasteiger partial charge in [0.05, 0.1) is 6.26 Å². The summed E-state index contributed by atoms with van der Waals surface area (Å²) in [7, 11) is 0. The first kappa shape index (κ1) is 55.1. The molecule has 3 nitrogen and oxygen atoms in total. The summed E-state index contributed by atoms with van der Waals surface area (Å²) in [5, 5.41) is 12.3. The average molecular weight is 961 g/mol. The lowest BCUT2D eigenvalue weighted by molar-refractivity contribution is 0.241. The van der Waals surface area contributed by atoms with Crippen molar-refractivity contribution in [3.63, 3.8) is 0 Å². The molecule has 378 valence electrons. The molecule has 3 aromatic rings. The average Bonchev–Trinajstić information content (AvgIpc) is 3.74. The lowest BCUT2D eigenvalue weighted by Gasteiger charge is -2.42. The Bertz CT molecular complexity index is 2540. The van der Waals surface area contributed by atoms with Crippen molar-refractivity contribution in [2.45, 2.75) is 192 Å². The lowest BCUT2D eigenvalue weighted by Crippen LogP contribution is -2.41. The highest BCUT2D eigenvalue weighted by molar-refractivity contribution is 7.19. The van der Waals surface area contributed by atoms with E-state index in [-0.39, 0.29) is 33.8 Å². The first-order valence-electron chi connectivity index (χ1n) is 27.2. The predicted molar refractivity (Wildman–Crippen MR) is 311 cm³/mol. The van der Waals surface area contributed by atoms with Crippen molar-refractivity contribution < 1.29 is 4.74 Å². The van der Waals surface area contributed by atoms with Crippen LogP contribution in [0.15, 0.2) is 130 Å². The molecule has 70 heavy (non-hydrogen) atoms. The molecule has 0 bridgehead atoms. The van der Waals surface area contributed by atoms with Gasteiger partial charge in [-0.05, 0) is 180 Å². The summed E-state index contributed by atoms with van der Waals surface area (Å²) in [5.74, 6) is 2.21. The third kappa shape index (κ3) is 14.7. The van der Waals surface area contributed by atoms with E-state index in [9.17, 15) is 0 Å². The van der Waals surface area contributed by atoms with Crippen LogP contribution >= 0.6 is 11.3 Å². The van der Waals surface area contributed by atoms with Gasteiger partial charge in [-0.15, -0.1) is 11.3 Å². The van der Waals surface area contributed by atoms with E-state index in [1.54, 1.807) is 0 Å². The summed E-state index contributed by atoms with van der Waals surface area (Å²) in [4.78, 5) is 0. The molecule has 0 saturated heterocycles. The van der Waals surface area contributed by atoms with Crippen LogP contribution in [0.1, 0.15) is 198 Å². The zero-order valence-corrected chi connectivity index (χ0v) is 47.7. The Labute approximate surface area is 432 Å². The Morgan fingerprint density at radius 2 is 1.56 bits per heavy atom. The second-order valence-electron chi connectivity index (χ2n) is 25.8. The summed E-state index contributed by atoms with van der Waals surface area (Å²) in [6.07, 6.45) is 35.8. The molecule has 0 spiro atoms. The zero-order valence-electron chi connectivity index (χ0n) is 46.8. The van der Waals surface area contributed by atoms with Crippen molar-refractivity contribution in [3.8, 4) is 5.75 Å². The fraction of sp³-hybridized carbons (Fsp3) is 0.538. The molecule has 1 unspecified atom stereocenters. The van der Waals surface area contributed by atoms with E-state index in [1.165, 1.54) is 98.8 Å². The van der Waals surface area contributed by atoms with Gasteiger partial charge in [0.1, 0.15) is 5.75 Å². The molecule has 1 aliphatic heterocycles. The molecule has 1 aromatic heterocycles. The number of ether oxygens (including phenoxy) is 1. The Morgan fingerprint density at radius 1 is 0.871 bits per heavy atom. The van der Waals surface area contributed by atoms with E-state index in [4.69, 9.17) is 4.74 Å². The van der Waals surface area contributed by atoms with Crippen LogP contribution in [0.3, 0.4) is 0 Å². The number of rotatable bonds is 15. The lowest BCUT2D eigenvalue weighted by atomic mass is 9.35. The maximum absolute atomic E-state index is 6.20. The van der Waals surface area contributed by atoms with Crippen LogP contribution in [0, 0.1) is 28.1 Å². The number of hydrogen-bond acceptors (Lipinski definition) is 4. The zero-order chi connectivity index (χ0) is 51.1. The van der Waals surface area contributed by atoms with Crippen molar-refractivity contribution in [2.75, 3.05) is 6.54 Å². The van der Waals surface area contributed by atoms with Crippen molar-refractivity contribution in [1.82, 2.24) is 10.6 Å². The van der Waals surface area contributed by atoms with E-state index < -0.39 is 0 Å². The van der Waals surface area contributed by atoms with Crippen LogP contribution in [0.5, 0.6) is 5.75 Å². The van der Waals surface area contributed by atoms with Gasteiger partial charge in [-0.2, -0.15) is 0 Å². The molecule has 1 atom stereocenters. The molecule has 5 heteroatoms. The molecule has 2 N–H and O–H groups in total. The molecular weight excluding hydrogens is 868 g/mol. The number of hydrogen-bond donors (Lipinski definition) is 2. The molecule has 3 aliphatic rings. The van der Waals surface area contributed by atoms with Gasteiger partial charge < -0.3 is 15.4 Å². The Morgan fingerprint density at radius 3 is 2.24 bits per heavy atom. The van der Waals surface area contributed by atoms with Crippen LogP contribution in [0.25, 0.3) is 16.2 Å². The van der Waals surface area contributed by atoms with Gasteiger partial charge in [0.2, 0.25) is 6.71 Å². The van der Waals surface area contributed by atoms with Gasteiger partial charge in [-0.3, -0.25) is 0 Å². The predicted octanol–water partition coefficient (Wildman–Crippen LogP) is 18.2. The van der Waals surface area contributed by atoms with Crippen molar-refractivity contribution in [3.05, 3.63) is 147 Å². The van der Waals surface area contributed by atoms with Gasteiger partial charge in [-0.25, -0.2) is 0 Å². The van der Waals surface area contributed by atoms with Crippen LogP contribution in [0.2, 0.25) is 0 Å². The fourth-order valence-electron chi connectivity index (χ4n) is 10.3.